The number of hydrogen-bond acceptors (Lipinski definition) is 4. The quantitative estimate of drug-likeness (QED) is 0.781. The minimum Gasteiger partial charge on any atom is -0.232 e. The second kappa shape index (κ2) is 4.61. The SMILES string of the molecule is N#Cc1cc(Br)c(C(F)F)nc1S(=O)(=O)Cl. The van der Waals surface area contributed by atoms with E-state index in [1.165, 1.54) is 6.07 Å². The van der Waals surface area contributed by atoms with Crippen molar-refractivity contribution in [1.82, 2.24) is 4.98 Å². The van der Waals surface area contributed by atoms with Crippen LogP contribution in [-0.4, -0.2) is 13.4 Å². The first-order valence-corrected chi connectivity index (χ1v) is 6.71. The highest BCUT2D eigenvalue weighted by Crippen LogP contribution is 2.29. The summed E-state index contributed by atoms with van der Waals surface area (Å²) in [6.45, 7) is 0. The Labute approximate surface area is 102 Å². The first kappa shape index (κ1) is 13.3. The number of alkyl halides is 2. The molecular weight excluding hydrogens is 330 g/mol. The molecule has 0 saturated heterocycles. The van der Waals surface area contributed by atoms with Gasteiger partial charge in [0.05, 0.1) is 5.56 Å². The zero-order valence-electron chi connectivity index (χ0n) is 7.29. The highest BCUT2D eigenvalue weighted by molar-refractivity contribution is 9.10. The van der Waals surface area contributed by atoms with Crippen LogP contribution in [0, 0.1) is 11.3 Å². The minimum atomic E-state index is -4.33. The molecule has 0 atom stereocenters. The van der Waals surface area contributed by atoms with Crippen molar-refractivity contribution in [2.24, 2.45) is 0 Å². The van der Waals surface area contributed by atoms with Crippen LogP contribution < -0.4 is 0 Å². The molecule has 0 fully saturated rings. The van der Waals surface area contributed by atoms with Crippen LogP contribution in [0.5, 0.6) is 0 Å². The predicted octanol–water partition coefficient (Wildman–Crippen LogP) is 2.58. The molecule has 1 aromatic rings. The molecule has 0 N–H and O–H groups in total. The van der Waals surface area contributed by atoms with Gasteiger partial charge in [-0.3, -0.25) is 0 Å². The fraction of sp³-hybridized carbons (Fsp3) is 0.143. The molecule has 0 aliphatic heterocycles. The Morgan fingerprint density at radius 3 is 2.50 bits per heavy atom. The third-order valence-corrected chi connectivity index (χ3v) is 3.37. The largest absolute Gasteiger partial charge is 0.281 e. The maximum absolute atomic E-state index is 12.4. The second-order valence-electron chi connectivity index (χ2n) is 2.56. The highest BCUT2D eigenvalue weighted by Gasteiger charge is 2.23. The van der Waals surface area contributed by atoms with Crippen LogP contribution in [0.25, 0.3) is 0 Å². The molecule has 0 radical (unpaired) electrons. The van der Waals surface area contributed by atoms with Crippen molar-refractivity contribution < 1.29 is 17.2 Å². The molecule has 1 rings (SSSR count). The molecule has 0 aliphatic carbocycles. The maximum atomic E-state index is 12.4. The van der Waals surface area contributed by atoms with Crippen molar-refractivity contribution in [2.75, 3.05) is 0 Å². The van der Waals surface area contributed by atoms with Crippen molar-refractivity contribution in [2.45, 2.75) is 11.5 Å². The van der Waals surface area contributed by atoms with E-state index in [0.717, 1.165) is 6.07 Å². The van der Waals surface area contributed by atoms with Gasteiger partial charge in [0.15, 0.2) is 5.03 Å². The van der Waals surface area contributed by atoms with E-state index in [1.54, 1.807) is 0 Å². The third kappa shape index (κ3) is 2.66. The Balaban J connectivity index is 3.62. The van der Waals surface area contributed by atoms with Crippen LogP contribution in [0.3, 0.4) is 0 Å². The summed E-state index contributed by atoms with van der Waals surface area (Å²) in [7, 11) is 0.636. The Kier molecular flexibility index (Phi) is 3.83. The van der Waals surface area contributed by atoms with Gasteiger partial charge < -0.3 is 0 Å². The molecule has 0 bridgehead atoms. The lowest BCUT2D eigenvalue weighted by Crippen LogP contribution is -2.04. The van der Waals surface area contributed by atoms with E-state index in [0.29, 0.717) is 0 Å². The average Bonchev–Trinajstić information content (AvgIpc) is 2.14. The number of aromatic nitrogens is 1. The number of rotatable bonds is 2. The standard InChI is InChI=1S/C7H2BrClF2N2O2S/c8-4-1-3(2-12)7(16(9,14)15)13-5(4)6(10)11/h1,6H. The van der Waals surface area contributed by atoms with Gasteiger partial charge in [0.2, 0.25) is 0 Å². The van der Waals surface area contributed by atoms with Crippen LogP contribution in [0.15, 0.2) is 15.6 Å². The van der Waals surface area contributed by atoms with Crippen molar-refractivity contribution in [3.05, 3.63) is 21.8 Å². The molecule has 0 spiro atoms. The molecule has 4 nitrogen and oxygen atoms in total. The molecule has 0 aromatic carbocycles. The molecule has 86 valence electrons. The number of halogens is 4. The summed E-state index contributed by atoms with van der Waals surface area (Å²) in [6, 6.07) is 2.44. The Bertz CT molecular complexity index is 570. The molecule has 0 amide bonds. The number of nitrogens with zero attached hydrogens (tertiary/aromatic N) is 2. The monoisotopic (exact) mass is 330 g/mol. The Hall–Kier alpha value is -0.780. The first-order valence-electron chi connectivity index (χ1n) is 3.60. The lowest BCUT2D eigenvalue weighted by atomic mass is 10.3. The lowest BCUT2D eigenvalue weighted by molar-refractivity contribution is 0.144. The van der Waals surface area contributed by atoms with Gasteiger partial charge in [-0.2, -0.15) is 5.26 Å². The maximum Gasteiger partial charge on any atom is 0.281 e. The van der Waals surface area contributed by atoms with E-state index in [4.69, 9.17) is 15.9 Å². The molecule has 9 heteroatoms. The summed E-state index contributed by atoms with van der Waals surface area (Å²) in [5.41, 5.74) is -1.18. The fourth-order valence-electron chi connectivity index (χ4n) is 0.904. The topological polar surface area (TPSA) is 70.8 Å². The van der Waals surface area contributed by atoms with E-state index in [9.17, 15) is 17.2 Å². The molecular formula is C7H2BrClF2N2O2S. The van der Waals surface area contributed by atoms with Gasteiger partial charge in [-0.15, -0.1) is 0 Å². The van der Waals surface area contributed by atoms with E-state index < -0.39 is 31.8 Å². The number of nitriles is 1. The van der Waals surface area contributed by atoms with Gasteiger partial charge in [-0.05, 0) is 22.0 Å². The first-order chi connectivity index (χ1) is 7.27. The van der Waals surface area contributed by atoms with Crippen LogP contribution in [0.4, 0.5) is 8.78 Å². The van der Waals surface area contributed by atoms with Gasteiger partial charge >= 0.3 is 0 Å². The summed E-state index contributed by atoms with van der Waals surface area (Å²) >= 11 is 2.76. The van der Waals surface area contributed by atoms with Gasteiger partial charge in [0.25, 0.3) is 15.5 Å². The molecule has 1 aromatic heterocycles. The van der Waals surface area contributed by atoms with Crippen molar-refractivity contribution in [1.29, 1.82) is 5.26 Å². The van der Waals surface area contributed by atoms with Gasteiger partial charge in [0, 0.05) is 15.2 Å². The zero-order chi connectivity index (χ0) is 12.5. The highest BCUT2D eigenvalue weighted by atomic mass is 79.9. The van der Waals surface area contributed by atoms with Crippen LogP contribution in [0.1, 0.15) is 17.7 Å². The van der Waals surface area contributed by atoms with Crippen molar-refractivity contribution >= 4 is 35.7 Å². The lowest BCUT2D eigenvalue weighted by Gasteiger charge is -2.05. The van der Waals surface area contributed by atoms with Gasteiger partial charge in [-0.1, -0.05) is 0 Å². The summed E-state index contributed by atoms with van der Waals surface area (Å²) < 4.78 is 46.7. The molecule has 1 heterocycles. The number of hydrogen-bond donors (Lipinski definition) is 0. The summed E-state index contributed by atoms with van der Waals surface area (Å²) in [4.78, 5) is 3.17. The Morgan fingerprint density at radius 2 is 2.12 bits per heavy atom. The number of pyridine rings is 1. The normalized spacial score (nSPS) is 11.5. The van der Waals surface area contributed by atoms with E-state index >= 15 is 0 Å². The van der Waals surface area contributed by atoms with E-state index in [1.807, 2.05) is 0 Å². The predicted molar refractivity (Wildman–Crippen MR) is 54.6 cm³/mol. The van der Waals surface area contributed by atoms with Crippen LogP contribution in [-0.2, 0) is 9.05 Å². The average molecular weight is 332 g/mol. The molecule has 0 saturated carbocycles. The van der Waals surface area contributed by atoms with Crippen LogP contribution >= 0.6 is 26.6 Å². The molecule has 0 aliphatic rings. The van der Waals surface area contributed by atoms with E-state index in [-0.39, 0.29) is 4.47 Å². The molecule has 16 heavy (non-hydrogen) atoms. The van der Waals surface area contributed by atoms with Gasteiger partial charge in [0.1, 0.15) is 11.8 Å². The second-order valence-corrected chi connectivity index (χ2v) is 5.89. The van der Waals surface area contributed by atoms with Gasteiger partial charge in [-0.25, -0.2) is 22.2 Å². The smallest absolute Gasteiger partial charge is 0.232 e. The fourth-order valence-corrected chi connectivity index (χ4v) is 2.32. The molecule has 0 unspecified atom stereocenters. The zero-order valence-corrected chi connectivity index (χ0v) is 10.4. The van der Waals surface area contributed by atoms with Crippen LogP contribution in [0.2, 0.25) is 0 Å². The summed E-state index contributed by atoms with van der Waals surface area (Å²) in [5, 5.41) is 7.75. The minimum absolute atomic E-state index is 0.150. The van der Waals surface area contributed by atoms with Crippen molar-refractivity contribution in [3.8, 4) is 6.07 Å². The van der Waals surface area contributed by atoms with E-state index in [2.05, 4.69) is 20.9 Å². The summed E-state index contributed by atoms with van der Waals surface area (Å²) in [5.74, 6) is 0. The Morgan fingerprint density at radius 1 is 1.56 bits per heavy atom. The summed E-state index contributed by atoms with van der Waals surface area (Å²) in [6.07, 6.45) is -2.97. The van der Waals surface area contributed by atoms with Crippen molar-refractivity contribution in [3.63, 3.8) is 0 Å². The third-order valence-electron chi connectivity index (χ3n) is 1.53.